The number of unbranched alkanes of at least 4 members (excludes halogenated alkanes) is 1. The molecule has 1 aromatic carbocycles. The Balaban J connectivity index is 2.53. The summed E-state index contributed by atoms with van der Waals surface area (Å²) in [4.78, 5) is 12.0. The summed E-state index contributed by atoms with van der Waals surface area (Å²) in [5.74, 6) is 0.138. The molecule has 3 N–H and O–H groups in total. The predicted octanol–water partition coefficient (Wildman–Crippen LogP) is 2.48. The van der Waals surface area contributed by atoms with Crippen molar-refractivity contribution < 1.29 is 14.3 Å². The Hall–Kier alpha value is -1.46. The fraction of sp³-hybridized carbons (Fsp3) is 0.500. The third kappa shape index (κ3) is 4.90. The van der Waals surface area contributed by atoms with E-state index in [1.54, 1.807) is 0 Å². The molecule has 0 aliphatic carbocycles. The van der Waals surface area contributed by atoms with Gasteiger partial charge in [0.1, 0.15) is 5.75 Å². The first-order valence-electron chi connectivity index (χ1n) is 6.59. The standard InChI is InChI=1S/C14H21ClN2O3/c1-3-4-6-20-7-5-17-14(18)10-8-11(15)12(16)9-13(10)19-2/h8-9H,3-7,16H2,1-2H3,(H,17,18). The molecule has 0 unspecified atom stereocenters. The Morgan fingerprint density at radius 2 is 2.15 bits per heavy atom. The van der Waals surface area contributed by atoms with Crippen molar-refractivity contribution in [3.05, 3.63) is 22.7 Å². The molecule has 0 aromatic heterocycles. The van der Waals surface area contributed by atoms with E-state index in [0.29, 0.717) is 41.8 Å². The highest BCUT2D eigenvalue weighted by Crippen LogP contribution is 2.28. The van der Waals surface area contributed by atoms with Crippen molar-refractivity contribution in [1.82, 2.24) is 5.32 Å². The molecule has 20 heavy (non-hydrogen) atoms. The van der Waals surface area contributed by atoms with Gasteiger partial charge in [-0.05, 0) is 12.5 Å². The van der Waals surface area contributed by atoms with Crippen molar-refractivity contribution in [3.63, 3.8) is 0 Å². The molecule has 5 nitrogen and oxygen atoms in total. The first kappa shape index (κ1) is 16.6. The number of carbonyl (C=O) groups excluding carboxylic acids is 1. The van der Waals surface area contributed by atoms with Gasteiger partial charge in [0.2, 0.25) is 0 Å². The third-order valence-corrected chi connectivity index (χ3v) is 3.06. The van der Waals surface area contributed by atoms with Crippen LogP contribution in [-0.4, -0.2) is 32.8 Å². The van der Waals surface area contributed by atoms with E-state index in [2.05, 4.69) is 12.2 Å². The van der Waals surface area contributed by atoms with E-state index >= 15 is 0 Å². The van der Waals surface area contributed by atoms with Gasteiger partial charge in [0, 0.05) is 19.2 Å². The SMILES string of the molecule is CCCCOCCNC(=O)c1cc(Cl)c(N)cc1OC. The van der Waals surface area contributed by atoms with Gasteiger partial charge in [0.15, 0.2) is 0 Å². The number of amides is 1. The zero-order valence-corrected chi connectivity index (χ0v) is 12.6. The number of ether oxygens (including phenoxy) is 2. The van der Waals surface area contributed by atoms with Crippen molar-refractivity contribution in [2.45, 2.75) is 19.8 Å². The van der Waals surface area contributed by atoms with E-state index in [4.69, 9.17) is 26.8 Å². The largest absolute Gasteiger partial charge is 0.496 e. The fourth-order valence-electron chi connectivity index (χ4n) is 1.60. The zero-order valence-electron chi connectivity index (χ0n) is 11.9. The second-order valence-electron chi connectivity index (χ2n) is 4.30. The Labute approximate surface area is 124 Å². The predicted molar refractivity (Wildman–Crippen MR) is 80.5 cm³/mol. The zero-order chi connectivity index (χ0) is 15.0. The Bertz CT molecular complexity index is 452. The van der Waals surface area contributed by atoms with Crippen LogP contribution in [-0.2, 0) is 4.74 Å². The molecule has 1 rings (SSSR count). The van der Waals surface area contributed by atoms with Crippen molar-refractivity contribution in [3.8, 4) is 5.75 Å². The van der Waals surface area contributed by atoms with Crippen LogP contribution in [0.2, 0.25) is 5.02 Å². The quantitative estimate of drug-likeness (QED) is 0.571. The Morgan fingerprint density at radius 1 is 1.40 bits per heavy atom. The molecular formula is C14H21ClN2O3. The van der Waals surface area contributed by atoms with E-state index in [0.717, 1.165) is 12.8 Å². The average molecular weight is 301 g/mol. The monoisotopic (exact) mass is 300 g/mol. The van der Waals surface area contributed by atoms with Gasteiger partial charge in [-0.25, -0.2) is 0 Å². The van der Waals surface area contributed by atoms with Crippen LogP contribution < -0.4 is 15.8 Å². The van der Waals surface area contributed by atoms with E-state index in [1.807, 2.05) is 0 Å². The average Bonchev–Trinajstić information content (AvgIpc) is 2.44. The maximum atomic E-state index is 12.0. The number of halogens is 1. The van der Waals surface area contributed by atoms with E-state index in [1.165, 1.54) is 19.2 Å². The summed E-state index contributed by atoms with van der Waals surface area (Å²) in [7, 11) is 1.48. The van der Waals surface area contributed by atoms with Gasteiger partial charge in [-0.2, -0.15) is 0 Å². The Morgan fingerprint density at radius 3 is 2.80 bits per heavy atom. The molecule has 0 atom stereocenters. The van der Waals surface area contributed by atoms with Gasteiger partial charge in [-0.15, -0.1) is 0 Å². The maximum Gasteiger partial charge on any atom is 0.255 e. The van der Waals surface area contributed by atoms with Gasteiger partial charge in [-0.3, -0.25) is 4.79 Å². The van der Waals surface area contributed by atoms with Crippen LogP contribution in [0.15, 0.2) is 12.1 Å². The molecule has 1 amide bonds. The summed E-state index contributed by atoms with van der Waals surface area (Å²) in [5, 5.41) is 3.08. The second-order valence-corrected chi connectivity index (χ2v) is 4.70. The number of nitrogens with two attached hydrogens (primary N) is 1. The number of hydrogen-bond acceptors (Lipinski definition) is 4. The van der Waals surface area contributed by atoms with Gasteiger partial charge in [0.25, 0.3) is 5.91 Å². The number of hydrogen-bond donors (Lipinski definition) is 2. The highest BCUT2D eigenvalue weighted by molar-refractivity contribution is 6.33. The molecule has 0 aliphatic rings. The highest BCUT2D eigenvalue weighted by Gasteiger charge is 2.14. The van der Waals surface area contributed by atoms with Gasteiger partial charge >= 0.3 is 0 Å². The topological polar surface area (TPSA) is 73.6 Å². The minimum atomic E-state index is -0.261. The summed E-state index contributed by atoms with van der Waals surface area (Å²) in [6.07, 6.45) is 2.11. The molecule has 112 valence electrons. The van der Waals surface area contributed by atoms with Crippen LogP contribution in [0.1, 0.15) is 30.1 Å². The number of carbonyl (C=O) groups is 1. The summed E-state index contributed by atoms with van der Waals surface area (Å²) in [5.41, 5.74) is 6.41. The second kappa shape index (κ2) is 8.66. The molecule has 0 spiro atoms. The van der Waals surface area contributed by atoms with E-state index < -0.39 is 0 Å². The molecule has 0 radical (unpaired) electrons. The molecule has 0 saturated heterocycles. The van der Waals surface area contributed by atoms with Crippen LogP contribution in [0, 0.1) is 0 Å². The lowest BCUT2D eigenvalue weighted by atomic mass is 10.1. The van der Waals surface area contributed by atoms with Crippen molar-refractivity contribution in [2.24, 2.45) is 0 Å². The number of rotatable bonds is 8. The van der Waals surface area contributed by atoms with Gasteiger partial charge < -0.3 is 20.5 Å². The molecule has 0 heterocycles. The lowest BCUT2D eigenvalue weighted by Gasteiger charge is -2.11. The van der Waals surface area contributed by atoms with Crippen LogP contribution in [0.3, 0.4) is 0 Å². The lowest BCUT2D eigenvalue weighted by molar-refractivity contribution is 0.0910. The summed E-state index contributed by atoms with van der Waals surface area (Å²) in [6.45, 7) is 3.73. The van der Waals surface area contributed by atoms with Crippen LogP contribution in [0.5, 0.6) is 5.75 Å². The fourth-order valence-corrected chi connectivity index (χ4v) is 1.76. The van der Waals surface area contributed by atoms with E-state index in [-0.39, 0.29) is 5.91 Å². The summed E-state index contributed by atoms with van der Waals surface area (Å²) in [6, 6.07) is 3.04. The number of methoxy groups -OCH3 is 1. The molecule has 1 aromatic rings. The number of benzene rings is 1. The summed E-state index contributed by atoms with van der Waals surface area (Å²) >= 11 is 5.92. The first-order chi connectivity index (χ1) is 9.60. The Kier molecular flexibility index (Phi) is 7.18. The summed E-state index contributed by atoms with van der Waals surface area (Å²) < 4.78 is 10.5. The molecule has 0 aliphatic heterocycles. The smallest absolute Gasteiger partial charge is 0.255 e. The molecular weight excluding hydrogens is 280 g/mol. The van der Waals surface area contributed by atoms with Crippen LogP contribution >= 0.6 is 11.6 Å². The van der Waals surface area contributed by atoms with Crippen LogP contribution in [0.25, 0.3) is 0 Å². The number of nitrogens with one attached hydrogen (secondary N) is 1. The molecule has 0 saturated carbocycles. The van der Waals surface area contributed by atoms with Crippen molar-refractivity contribution in [1.29, 1.82) is 0 Å². The minimum Gasteiger partial charge on any atom is -0.496 e. The molecule has 0 bridgehead atoms. The van der Waals surface area contributed by atoms with Crippen molar-refractivity contribution in [2.75, 3.05) is 32.6 Å². The van der Waals surface area contributed by atoms with Crippen molar-refractivity contribution >= 4 is 23.2 Å². The van der Waals surface area contributed by atoms with E-state index in [9.17, 15) is 4.79 Å². The molecule has 0 fully saturated rings. The normalized spacial score (nSPS) is 10.3. The first-order valence-corrected chi connectivity index (χ1v) is 6.96. The molecule has 6 heteroatoms. The van der Waals surface area contributed by atoms with Gasteiger partial charge in [-0.1, -0.05) is 24.9 Å². The van der Waals surface area contributed by atoms with Gasteiger partial charge in [0.05, 0.1) is 30.0 Å². The third-order valence-electron chi connectivity index (χ3n) is 2.74. The van der Waals surface area contributed by atoms with Crippen LogP contribution in [0.4, 0.5) is 5.69 Å². The number of nitrogen functional groups attached to an aromatic ring is 1. The number of anilines is 1. The minimum absolute atomic E-state index is 0.261. The maximum absolute atomic E-state index is 12.0. The lowest BCUT2D eigenvalue weighted by Crippen LogP contribution is -2.27. The highest BCUT2D eigenvalue weighted by atomic mass is 35.5.